The van der Waals surface area contributed by atoms with Gasteiger partial charge in [-0.15, -0.1) is 0 Å². The Hall–Kier alpha value is -0.830. The van der Waals surface area contributed by atoms with Crippen molar-refractivity contribution in [3.8, 4) is 0 Å². The number of nitrogens with one attached hydrogen (secondary N) is 1. The molecule has 0 spiro atoms. The van der Waals surface area contributed by atoms with Gasteiger partial charge >= 0.3 is 0 Å². The molecule has 2 nitrogen and oxygen atoms in total. The van der Waals surface area contributed by atoms with Crippen LogP contribution in [-0.2, 0) is 0 Å². The van der Waals surface area contributed by atoms with Gasteiger partial charge < -0.3 is 5.32 Å². The first-order valence-electron chi connectivity index (χ1n) is 7.22. The first-order chi connectivity index (χ1) is 9.15. The highest BCUT2D eigenvalue weighted by Gasteiger charge is 2.65. The molecule has 100 valence electrons. The molecule has 3 heteroatoms. The summed E-state index contributed by atoms with van der Waals surface area (Å²) in [6.45, 7) is 2.04. The van der Waals surface area contributed by atoms with Gasteiger partial charge in [0.15, 0.2) is 0 Å². The number of amides is 1. The summed E-state index contributed by atoms with van der Waals surface area (Å²) in [6, 6.07) is 6.39. The molecule has 4 rings (SSSR count). The van der Waals surface area contributed by atoms with E-state index in [0.29, 0.717) is 6.04 Å². The van der Waals surface area contributed by atoms with Crippen LogP contribution in [0.4, 0.5) is 0 Å². The van der Waals surface area contributed by atoms with E-state index in [1.807, 2.05) is 25.1 Å². The summed E-state index contributed by atoms with van der Waals surface area (Å²) in [5.41, 5.74) is 1.94. The van der Waals surface area contributed by atoms with Gasteiger partial charge in [-0.3, -0.25) is 4.79 Å². The summed E-state index contributed by atoms with van der Waals surface area (Å²) in [7, 11) is 0. The van der Waals surface area contributed by atoms with Crippen molar-refractivity contribution in [3.63, 3.8) is 0 Å². The van der Waals surface area contributed by atoms with Gasteiger partial charge in [0.2, 0.25) is 0 Å². The van der Waals surface area contributed by atoms with Crippen molar-refractivity contribution in [1.29, 1.82) is 0 Å². The van der Waals surface area contributed by atoms with Crippen molar-refractivity contribution >= 4 is 21.8 Å². The molecule has 19 heavy (non-hydrogen) atoms. The number of aryl methyl sites for hydroxylation is 1. The van der Waals surface area contributed by atoms with Crippen molar-refractivity contribution in [3.05, 3.63) is 33.8 Å². The van der Waals surface area contributed by atoms with Gasteiger partial charge in [0.25, 0.3) is 5.91 Å². The number of hydrogen-bond donors (Lipinski definition) is 1. The second-order valence-electron chi connectivity index (χ2n) is 6.47. The average Bonchev–Trinajstić information content (AvgIpc) is 2.78. The average molecular weight is 320 g/mol. The predicted octanol–water partition coefficient (Wildman–Crippen LogP) is 3.53. The summed E-state index contributed by atoms with van der Waals surface area (Å²) >= 11 is 3.49. The van der Waals surface area contributed by atoms with Crippen molar-refractivity contribution in [2.45, 2.75) is 32.2 Å². The lowest BCUT2D eigenvalue weighted by atomic mass is 10.0. The lowest BCUT2D eigenvalue weighted by Gasteiger charge is -2.11. The Morgan fingerprint density at radius 2 is 1.95 bits per heavy atom. The standard InChI is InChI=1S/C16H18BrNO/c1-8-2-5-11(12(17)6-8)16(19)18-15-13-9-3-4-10(7-9)14(13)15/h2,5-6,9-10,13-15H,3-4,7H2,1H3,(H,18,19). The van der Waals surface area contributed by atoms with Gasteiger partial charge in [-0.2, -0.15) is 0 Å². The lowest BCUT2D eigenvalue weighted by Crippen LogP contribution is -2.30. The van der Waals surface area contributed by atoms with E-state index in [1.165, 1.54) is 24.8 Å². The minimum Gasteiger partial charge on any atom is -0.349 e. The fourth-order valence-electron chi connectivity index (χ4n) is 4.55. The molecule has 2 bridgehead atoms. The Kier molecular flexibility index (Phi) is 2.57. The molecule has 0 aromatic heterocycles. The second-order valence-corrected chi connectivity index (χ2v) is 7.32. The van der Waals surface area contributed by atoms with Crippen molar-refractivity contribution in [2.24, 2.45) is 23.7 Å². The van der Waals surface area contributed by atoms with Crippen LogP contribution in [0.25, 0.3) is 0 Å². The molecular weight excluding hydrogens is 302 g/mol. The van der Waals surface area contributed by atoms with E-state index in [4.69, 9.17) is 0 Å². The number of benzene rings is 1. The Morgan fingerprint density at radius 3 is 2.58 bits per heavy atom. The smallest absolute Gasteiger partial charge is 0.252 e. The van der Waals surface area contributed by atoms with Crippen LogP contribution in [0, 0.1) is 30.6 Å². The fraction of sp³-hybridized carbons (Fsp3) is 0.562. The zero-order chi connectivity index (χ0) is 13.1. The molecule has 0 saturated heterocycles. The third-order valence-corrected chi connectivity index (χ3v) is 6.06. The second kappa shape index (κ2) is 4.08. The van der Waals surface area contributed by atoms with E-state index in [-0.39, 0.29) is 5.91 Å². The molecular formula is C16H18BrNO. The molecule has 4 atom stereocenters. The molecule has 0 radical (unpaired) electrons. The molecule has 3 aliphatic carbocycles. The maximum absolute atomic E-state index is 12.4. The number of halogens is 1. The first kappa shape index (κ1) is 12.0. The van der Waals surface area contributed by atoms with Gasteiger partial charge in [0.1, 0.15) is 0 Å². The van der Waals surface area contributed by atoms with Gasteiger partial charge in [0, 0.05) is 10.5 Å². The van der Waals surface area contributed by atoms with E-state index in [2.05, 4.69) is 21.2 Å². The van der Waals surface area contributed by atoms with Crippen LogP contribution in [-0.4, -0.2) is 11.9 Å². The maximum atomic E-state index is 12.4. The number of hydrogen-bond acceptors (Lipinski definition) is 1. The molecule has 4 unspecified atom stereocenters. The van der Waals surface area contributed by atoms with E-state index < -0.39 is 0 Å². The number of rotatable bonds is 2. The number of fused-ring (bicyclic) bond motifs is 5. The van der Waals surface area contributed by atoms with Crippen LogP contribution in [0.5, 0.6) is 0 Å². The normalized spacial score (nSPS) is 38.1. The summed E-state index contributed by atoms with van der Waals surface area (Å²) < 4.78 is 0.902. The highest BCUT2D eigenvalue weighted by molar-refractivity contribution is 9.10. The van der Waals surface area contributed by atoms with Gasteiger partial charge in [-0.1, -0.05) is 6.07 Å². The van der Waals surface area contributed by atoms with E-state index in [9.17, 15) is 4.79 Å². The Balaban J connectivity index is 1.48. The van der Waals surface area contributed by atoms with Crippen LogP contribution < -0.4 is 5.32 Å². The SMILES string of the molecule is Cc1ccc(C(=O)NC2C3C4CCC(C4)C23)c(Br)c1. The van der Waals surface area contributed by atoms with Crippen LogP contribution in [0.3, 0.4) is 0 Å². The van der Waals surface area contributed by atoms with Crippen molar-refractivity contribution in [2.75, 3.05) is 0 Å². The molecule has 1 amide bonds. The van der Waals surface area contributed by atoms with Crippen molar-refractivity contribution < 1.29 is 4.79 Å². The van der Waals surface area contributed by atoms with Crippen molar-refractivity contribution in [1.82, 2.24) is 5.32 Å². The van der Waals surface area contributed by atoms with Gasteiger partial charge in [-0.25, -0.2) is 0 Å². The van der Waals surface area contributed by atoms with E-state index in [0.717, 1.165) is 33.7 Å². The Bertz CT molecular complexity index is 540. The molecule has 0 heterocycles. The molecule has 1 aromatic carbocycles. The minimum atomic E-state index is 0.0886. The zero-order valence-corrected chi connectivity index (χ0v) is 12.6. The topological polar surface area (TPSA) is 29.1 Å². The van der Waals surface area contributed by atoms with Crippen LogP contribution in [0.15, 0.2) is 22.7 Å². The zero-order valence-electron chi connectivity index (χ0n) is 11.0. The number of carbonyl (C=O) groups is 1. The highest BCUT2D eigenvalue weighted by atomic mass is 79.9. The molecule has 3 fully saturated rings. The fourth-order valence-corrected chi connectivity index (χ4v) is 5.23. The summed E-state index contributed by atoms with van der Waals surface area (Å²) in [5, 5.41) is 3.26. The molecule has 0 aliphatic heterocycles. The summed E-state index contributed by atoms with van der Waals surface area (Å²) in [5.74, 6) is 3.49. The van der Waals surface area contributed by atoms with Gasteiger partial charge in [-0.05, 0) is 83.5 Å². The third kappa shape index (κ3) is 1.78. The monoisotopic (exact) mass is 319 g/mol. The summed E-state index contributed by atoms with van der Waals surface area (Å²) in [4.78, 5) is 12.4. The van der Waals surface area contributed by atoms with Gasteiger partial charge in [0.05, 0.1) is 5.56 Å². The minimum absolute atomic E-state index is 0.0886. The quantitative estimate of drug-likeness (QED) is 0.887. The Morgan fingerprint density at radius 1 is 1.26 bits per heavy atom. The molecule has 1 aromatic rings. The van der Waals surface area contributed by atoms with Crippen LogP contribution in [0.1, 0.15) is 35.2 Å². The molecule has 3 saturated carbocycles. The summed E-state index contributed by atoms with van der Waals surface area (Å²) in [6.07, 6.45) is 4.22. The van der Waals surface area contributed by atoms with E-state index >= 15 is 0 Å². The van der Waals surface area contributed by atoms with E-state index in [1.54, 1.807) is 0 Å². The number of carbonyl (C=O) groups excluding carboxylic acids is 1. The largest absolute Gasteiger partial charge is 0.349 e. The van der Waals surface area contributed by atoms with Crippen LogP contribution >= 0.6 is 15.9 Å². The molecule has 1 N–H and O–H groups in total. The Labute approximate surface area is 122 Å². The third-order valence-electron chi connectivity index (χ3n) is 5.40. The maximum Gasteiger partial charge on any atom is 0.252 e. The highest BCUT2D eigenvalue weighted by Crippen LogP contribution is 2.65. The van der Waals surface area contributed by atoms with Crippen LogP contribution in [0.2, 0.25) is 0 Å². The lowest BCUT2D eigenvalue weighted by molar-refractivity contribution is 0.0943. The first-order valence-corrected chi connectivity index (χ1v) is 8.01. The molecule has 3 aliphatic rings. The predicted molar refractivity (Wildman–Crippen MR) is 77.9 cm³/mol.